The summed E-state index contributed by atoms with van der Waals surface area (Å²) in [4.78, 5) is 19.2. The topological polar surface area (TPSA) is 59.2 Å². The summed E-state index contributed by atoms with van der Waals surface area (Å²) in [5.41, 5.74) is 0.940. The second kappa shape index (κ2) is 6.14. The van der Waals surface area contributed by atoms with Gasteiger partial charge in [-0.05, 0) is 32.1 Å². The Kier molecular flexibility index (Phi) is 3.85. The summed E-state index contributed by atoms with van der Waals surface area (Å²) in [6.45, 7) is 0.809. The minimum atomic E-state index is -0.0539. The molecule has 1 saturated heterocycles. The van der Waals surface area contributed by atoms with E-state index in [1.54, 1.807) is 0 Å². The Balaban J connectivity index is 1.57. The monoisotopic (exact) mass is 311 g/mol. The third-order valence-corrected chi connectivity index (χ3v) is 5.00. The van der Waals surface area contributed by atoms with E-state index in [1.807, 2.05) is 35.2 Å². The third kappa shape index (κ3) is 2.76. The van der Waals surface area contributed by atoms with Gasteiger partial charge < -0.3 is 9.42 Å². The molecule has 5 heteroatoms. The van der Waals surface area contributed by atoms with Crippen LogP contribution in [0, 0.1) is 5.92 Å². The Morgan fingerprint density at radius 3 is 2.65 bits per heavy atom. The van der Waals surface area contributed by atoms with Crippen LogP contribution in [0.15, 0.2) is 34.9 Å². The summed E-state index contributed by atoms with van der Waals surface area (Å²) >= 11 is 0. The lowest BCUT2D eigenvalue weighted by Crippen LogP contribution is -2.43. The number of benzene rings is 1. The summed E-state index contributed by atoms with van der Waals surface area (Å²) in [6.07, 6.45) is 6.31. The van der Waals surface area contributed by atoms with Crippen LogP contribution in [0.5, 0.6) is 0 Å². The Morgan fingerprint density at radius 1 is 1.09 bits per heavy atom. The van der Waals surface area contributed by atoms with E-state index in [-0.39, 0.29) is 17.9 Å². The first-order chi connectivity index (χ1) is 11.3. The second-order valence-corrected chi connectivity index (χ2v) is 6.49. The van der Waals surface area contributed by atoms with Gasteiger partial charge in [0.25, 0.3) is 0 Å². The van der Waals surface area contributed by atoms with Gasteiger partial charge in [0.2, 0.25) is 17.6 Å². The third-order valence-electron chi connectivity index (χ3n) is 5.00. The molecule has 1 aromatic carbocycles. The van der Waals surface area contributed by atoms with Crippen LogP contribution in [0.25, 0.3) is 11.4 Å². The molecular formula is C18H21N3O2. The molecule has 0 unspecified atom stereocenters. The first-order valence-electron chi connectivity index (χ1n) is 8.52. The average Bonchev–Trinajstić information content (AvgIpc) is 3.04. The SMILES string of the molecule is O=C(C1CCC1)N1CCCC[C@@H]1c1nc(-c2ccccc2)no1. The number of hydrogen-bond acceptors (Lipinski definition) is 4. The van der Waals surface area contributed by atoms with E-state index in [0.29, 0.717) is 11.7 Å². The molecule has 1 aliphatic heterocycles. The number of carbonyl (C=O) groups is 1. The average molecular weight is 311 g/mol. The fourth-order valence-corrected chi connectivity index (χ4v) is 3.42. The molecule has 0 radical (unpaired) electrons. The molecule has 23 heavy (non-hydrogen) atoms. The van der Waals surface area contributed by atoms with Gasteiger partial charge in [0, 0.05) is 18.0 Å². The van der Waals surface area contributed by atoms with E-state index < -0.39 is 0 Å². The van der Waals surface area contributed by atoms with Gasteiger partial charge in [-0.15, -0.1) is 0 Å². The smallest absolute Gasteiger partial charge is 0.249 e. The fourth-order valence-electron chi connectivity index (χ4n) is 3.42. The maximum atomic E-state index is 12.7. The summed E-state index contributed by atoms with van der Waals surface area (Å²) in [5.74, 6) is 1.67. The molecule has 2 fully saturated rings. The van der Waals surface area contributed by atoms with Crippen LogP contribution in [-0.2, 0) is 4.79 Å². The molecule has 1 aromatic heterocycles. The van der Waals surface area contributed by atoms with Gasteiger partial charge in [-0.25, -0.2) is 0 Å². The Hall–Kier alpha value is -2.17. The molecule has 2 aliphatic rings. The molecule has 120 valence electrons. The first kappa shape index (κ1) is 14.4. The molecule has 0 N–H and O–H groups in total. The molecular weight excluding hydrogens is 290 g/mol. The predicted molar refractivity (Wildman–Crippen MR) is 85.4 cm³/mol. The number of rotatable bonds is 3. The molecule has 0 bridgehead atoms. The number of piperidine rings is 1. The standard InChI is InChI=1S/C18H21N3O2/c22-18(14-9-6-10-14)21-12-5-4-11-15(21)17-19-16(20-23-17)13-7-2-1-3-8-13/h1-3,7-8,14-15H,4-6,9-12H2/t15-/m1/s1. The van der Waals surface area contributed by atoms with Crippen LogP contribution < -0.4 is 0 Å². The number of hydrogen-bond donors (Lipinski definition) is 0. The van der Waals surface area contributed by atoms with Gasteiger partial charge in [-0.2, -0.15) is 4.98 Å². The molecule has 1 saturated carbocycles. The van der Waals surface area contributed by atoms with Crippen molar-refractivity contribution in [1.82, 2.24) is 15.0 Å². The maximum absolute atomic E-state index is 12.7. The van der Waals surface area contributed by atoms with Crippen molar-refractivity contribution in [3.8, 4) is 11.4 Å². The molecule has 1 aliphatic carbocycles. The van der Waals surface area contributed by atoms with Crippen molar-refractivity contribution in [3.05, 3.63) is 36.2 Å². The number of likely N-dealkylation sites (tertiary alicyclic amines) is 1. The van der Waals surface area contributed by atoms with E-state index in [2.05, 4.69) is 10.1 Å². The molecule has 2 heterocycles. The number of nitrogens with zero attached hydrogens (tertiary/aromatic N) is 3. The Morgan fingerprint density at radius 2 is 1.91 bits per heavy atom. The summed E-state index contributed by atoms with van der Waals surface area (Å²) in [5, 5.41) is 4.11. The van der Waals surface area contributed by atoms with Crippen LogP contribution in [0.4, 0.5) is 0 Å². The highest BCUT2D eigenvalue weighted by molar-refractivity contribution is 5.80. The van der Waals surface area contributed by atoms with Gasteiger partial charge in [0.15, 0.2) is 0 Å². The summed E-state index contributed by atoms with van der Waals surface area (Å²) < 4.78 is 5.52. The van der Waals surface area contributed by atoms with Crippen molar-refractivity contribution in [3.63, 3.8) is 0 Å². The molecule has 4 rings (SSSR count). The van der Waals surface area contributed by atoms with Crippen molar-refractivity contribution in [2.45, 2.75) is 44.6 Å². The van der Waals surface area contributed by atoms with Gasteiger partial charge in [-0.1, -0.05) is 41.9 Å². The minimum absolute atomic E-state index is 0.0539. The highest BCUT2D eigenvalue weighted by Gasteiger charge is 2.37. The van der Waals surface area contributed by atoms with E-state index in [1.165, 1.54) is 6.42 Å². The van der Waals surface area contributed by atoms with E-state index in [9.17, 15) is 4.79 Å². The van der Waals surface area contributed by atoms with Crippen molar-refractivity contribution >= 4 is 5.91 Å². The van der Waals surface area contributed by atoms with Gasteiger partial charge >= 0.3 is 0 Å². The highest BCUT2D eigenvalue weighted by atomic mass is 16.5. The van der Waals surface area contributed by atoms with Crippen molar-refractivity contribution in [2.75, 3.05) is 6.54 Å². The van der Waals surface area contributed by atoms with E-state index in [0.717, 1.165) is 44.2 Å². The van der Waals surface area contributed by atoms with E-state index in [4.69, 9.17) is 4.52 Å². The quantitative estimate of drug-likeness (QED) is 0.869. The first-order valence-corrected chi connectivity index (χ1v) is 8.52. The van der Waals surface area contributed by atoms with Crippen LogP contribution in [0.2, 0.25) is 0 Å². The lowest BCUT2D eigenvalue weighted by atomic mass is 9.83. The normalized spacial score (nSPS) is 21.9. The predicted octanol–water partition coefficient (Wildman–Crippen LogP) is 3.59. The summed E-state index contributed by atoms with van der Waals surface area (Å²) in [6, 6.07) is 9.75. The molecule has 1 atom stereocenters. The zero-order valence-electron chi connectivity index (χ0n) is 13.1. The summed E-state index contributed by atoms with van der Waals surface area (Å²) in [7, 11) is 0. The van der Waals surface area contributed by atoms with Crippen LogP contribution in [-0.4, -0.2) is 27.5 Å². The van der Waals surface area contributed by atoms with Crippen molar-refractivity contribution in [2.24, 2.45) is 5.92 Å². The van der Waals surface area contributed by atoms with Gasteiger partial charge in [0.1, 0.15) is 6.04 Å². The van der Waals surface area contributed by atoms with Crippen molar-refractivity contribution < 1.29 is 9.32 Å². The zero-order chi connectivity index (χ0) is 15.6. The molecule has 5 nitrogen and oxygen atoms in total. The maximum Gasteiger partial charge on any atom is 0.249 e. The zero-order valence-corrected chi connectivity index (χ0v) is 13.1. The fraction of sp³-hybridized carbons (Fsp3) is 0.500. The second-order valence-electron chi connectivity index (χ2n) is 6.49. The Bertz CT molecular complexity index is 679. The number of amides is 1. The van der Waals surface area contributed by atoms with Crippen molar-refractivity contribution in [1.29, 1.82) is 0 Å². The van der Waals surface area contributed by atoms with Crippen LogP contribution >= 0.6 is 0 Å². The molecule has 2 aromatic rings. The van der Waals surface area contributed by atoms with Crippen LogP contribution in [0.3, 0.4) is 0 Å². The van der Waals surface area contributed by atoms with Gasteiger partial charge in [-0.3, -0.25) is 4.79 Å². The Labute approximate surface area is 135 Å². The number of aromatic nitrogens is 2. The minimum Gasteiger partial charge on any atom is -0.337 e. The molecule has 0 spiro atoms. The lowest BCUT2D eigenvalue weighted by molar-refractivity contribution is -0.142. The highest BCUT2D eigenvalue weighted by Crippen LogP contribution is 2.36. The molecule has 1 amide bonds. The van der Waals surface area contributed by atoms with E-state index >= 15 is 0 Å². The largest absolute Gasteiger partial charge is 0.337 e. The van der Waals surface area contributed by atoms with Gasteiger partial charge in [0.05, 0.1) is 0 Å². The van der Waals surface area contributed by atoms with Crippen LogP contribution in [0.1, 0.15) is 50.5 Å². The lowest BCUT2D eigenvalue weighted by Gasteiger charge is -2.38. The number of carbonyl (C=O) groups excluding carboxylic acids is 1.